The Morgan fingerprint density at radius 2 is 2.03 bits per heavy atom. The van der Waals surface area contributed by atoms with Gasteiger partial charge in [0.2, 0.25) is 0 Å². The Kier molecular flexibility index (Phi) is 6.79. The summed E-state index contributed by atoms with van der Waals surface area (Å²) in [4.78, 5) is 16.6. The van der Waals surface area contributed by atoms with Gasteiger partial charge in [0, 0.05) is 62.4 Å². The monoisotopic (exact) mass is 448 g/mol. The summed E-state index contributed by atoms with van der Waals surface area (Å²) in [5.74, 6) is 0.769. The second-order valence-electron chi connectivity index (χ2n) is 8.86. The molecule has 2 aromatic rings. The van der Waals surface area contributed by atoms with Crippen LogP contribution >= 0.6 is 0 Å². The van der Waals surface area contributed by atoms with Gasteiger partial charge in [-0.05, 0) is 35.4 Å². The minimum atomic E-state index is 0.0193. The fourth-order valence-electron chi connectivity index (χ4n) is 4.75. The summed E-state index contributed by atoms with van der Waals surface area (Å²) in [6, 6.07) is 15.0. The number of likely N-dealkylation sites (tertiary alicyclic amines) is 1. The Hall–Kier alpha value is -3.03. The van der Waals surface area contributed by atoms with Crippen molar-refractivity contribution in [3.05, 3.63) is 58.5 Å². The molecule has 0 saturated carbocycles. The molecule has 3 aliphatic heterocycles. The van der Waals surface area contributed by atoms with E-state index >= 15 is 0 Å². The van der Waals surface area contributed by atoms with E-state index in [0.29, 0.717) is 32.3 Å². The van der Waals surface area contributed by atoms with Gasteiger partial charge in [-0.25, -0.2) is 0 Å². The van der Waals surface area contributed by atoms with Crippen LogP contribution in [0.1, 0.15) is 12.0 Å². The maximum absolute atomic E-state index is 12.3. The number of ether oxygens (including phenoxy) is 2. The molecule has 0 aliphatic carbocycles. The molecule has 3 heterocycles. The lowest BCUT2D eigenvalue weighted by Gasteiger charge is -2.26. The molecule has 2 N–H and O–H groups in total. The van der Waals surface area contributed by atoms with Crippen molar-refractivity contribution in [3.8, 4) is 5.75 Å². The van der Waals surface area contributed by atoms with Crippen LogP contribution in [-0.2, 0) is 16.1 Å². The molecule has 3 aliphatic rings. The largest absolute Gasteiger partial charge is 0.484 e. The average Bonchev–Trinajstić information content (AvgIpc) is 3.30. The Balaban J connectivity index is 1.14. The number of fused-ring (bicyclic) bond motifs is 1. The minimum absolute atomic E-state index is 0.0193. The van der Waals surface area contributed by atoms with E-state index < -0.39 is 0 Å². The molecule has 0 spiro atoms. The maximum atomic E-state index is 12.3. The molecule has 2 saturated heterocycles. The molecule has 33 heavy (non-hydrogen) atoms. The van der Waals surface area contributed by atoms with Crippen molar-refractivity contribution in [3.63, 3.8) is 0 Å². The van der Waals surface area contributed by atoms with Crippen molar-refractivity contribution >= 4 is 23.9 Å². The van der Waals surface area contributed by atoms with E-state index in [1.807, 2.05) is 12.1 Å². The molecule has 0 aromatic heterocycles. The third-order valence-corrected chi connectivity index (χ3v) is 6.48. The fraction of sp³-hybridized carbons (Fsp3) is 0.423. The van der Waals surface area contributed by atoms with Crippen molar-refractivity contribution in [2.24, 2.45) is 0 Å². The second-order valence-corrected chi connectivity index (χ2v) is 8.86. The summed E-state index contributed by atoms with van der Waals surface area (Å²) in [6.07, 6.45) is 5.46. The zero-order valence-corrected chi connectivity index (χ0v) is 19.0. The highest BCUT2D eigenvalue weighted by Gasteiger charge is 2.23. The Morgan fingerprint density at radius 3 is 2.94 bits per heavy atom. The molecule has 7 nitrogen and oxygen atoms in total. The molecule has 1 amide bonds. The van der Waals surface area contributed by atoms with Gasteiger partial charge in [-0.2, -0.15) is 0 Å². The maximum Gasteiger partial charge on any atom is 0.260 e. The number of benzene rings is 2. The van der Waals surface area contributed by atoms with Crippen LogP contribution < -0.4 is 25.8 Å². The first-order valence-electron chi connectivity index (χ1n) is 11.8. The van der Waals surface area contributed by atoms with Crippen molar-refractivity contribution < 1.29 is 14.3 Å². The van der Waals surface area contributed by atoms with Gasteiger partial charge in [-0.3, -0.25) is 9.69 Å². The smallest absolute Gasteiger partial charge is 0.260 e. The Morgan fingerprint density at radius 1 is 1.15 bits per heavy atom. The molecule has 2 fully saturated rings. The van der Waals surface area contributed by atoms with E-state index in [-0.39, 0.29) is 12.5 Å². The number of hydrogen-bond donors (Lipinski definition) is 2. The van der Waals surface area contributed by atoms with Crippen LogP contribution in [0, 0.1) is 0 Å². The number of carbonyl (C=O) groups excluding carboxylic acids is 1. The van der Waals surface area contributed by atoms with E-state index in [1.54, 1.807) is 4.90 Å². The van der Waals surface area contributed by atoms with E-state index in [1.165, 1.54) is 21.7 Å². The van der Waals surface area contributed by atoms with Crippen LogP contribution in [0.2, 0.25) is 0 Å². The zero-order valence-electron chi connectivity index (χ0n) is 19.0. The number of anilines is 1. The van der Waals surface area contributed by atoms with Gasteiger partial charge < -0.3 is 25.0 Å². The third-order valence-electron chi connectivity index (χ3n) is 6.48. The van der Waals surface area contributed by atoms with Crippen LogP contribution in [0.15, 0.2) is 42.5 Å². The van der Waals surface area contributed by atoms with E-state index in [0.717, 1.165) is 38.3 Å². The van der Waals surface area contributed by atoms with Gasteiger partial charge in [0.15, 0.2) is 6.61 Å². The highest BCUT2D eigenvalue weighted by molar-refractivity contribution is 5.77. The van der Waals surface area contributed by atoms with Crippen molar-refractivity contribution in [1.82, 2.24) is 15.1 Å². The minimum Gasteiger partial charge on any atom is -0.484 e. The average molecular weight is 449 g/mol. The van der Waals surface area contributed by atoms with Gasteiger partial charge in [-0.1, -0.05) is 30.3 Å². The van der Waals surface area contributed by atoms with Crippen molar-refractivity contribution in [2.75, 3.05) is 57.9 Å². The summed E-state index contributed by atoms with van der Waals surface area (Å²) < 4.78 is 11.1. The van der Waals surface area contributed by atoms with Gasteiger partial charge in [0.1, 0.15) is 5.75 Å². The predicted molar refractivity (Wildman–Crippen MR) is 129 cm³/mol. The van der Waals surface area contributed by atoms with Gasteiger partial charge in [0.05, 0.1) is 13.2 Å². The quantitative estimate of drug-likeness (QED) is 0.651. The van der Waals surface area contributed by atoms with Gasteiger partial charge >= 0.3 is 0 Å². The number of rotatable bonds is 7. The number of amides is 1. The van der Waals surface area contributed by atoms with Crippen LogP contribution in [-0.4, -0.2) is 74.3 Å². The summed E-state index contributed by atoms with van der Waals surface area (Å²) in [5, 5.41) is 9.58. The number of morpholine rings is 1. The summed E-state index contributed by atoms with van der Waals surface area (Å²) in [5.41, 5.74) is 2.43. The van der Waals surface area contributed by atoms with Crippen molar-refractivity contribution in [2.45, 2.75) is 19.0 Å². The van der Waals surface area contributed by atoms with Crippen molar-refractivity contribution in [1.29, 1.82) is 0 Å². The summed E-state index contributed by atoms with van der Waals surface area (Å²) in [6.45, 7) is 6.39. The normalized spacial score (nSPS) is 20.2. The highest BCUT2D eigenvalue weighted by atomic mass is 16.5. The van der Waals surface area contributed by atoms with Crippen LogP contribution in [0.5, 0.6) is 5.75 Å². The molecule has 2 aromatic carbocycles. The summed E-state index contributed by atoms with van der Waals surface area (Å²) >= 11 is 0. The molecule has 174 valence electrons. The molecule has 0 radical (unpaired) electrons. The molecule has 5 rings (SSSR count). The topological polar surface area (TPSA) is 66.1 Å². The van der Waals surface area contributed by atoms with E-state index in [4.69, 9.17) is 9.47 Å². The SMILES string of the molecule is O=C(COc1cccc(CN2CCC(Nc3cccc4c3=CCNC=4)C2)c1)N1CCOCC1. The first kappa shape index (κ1) is 21.8. The van der Waals surface area contributed by atoms with Gasteiger partial charge in [0.25, 0.3) is 5.91 Å². The van der Waals surface area contributed by atoms with E-state index in [2.05, 4.69) is 58.1 Å². The zero-order chi connectivity index (χ0) is 22.5. The molecule has 7 heteroatoms. The molecular formula is C26H32N4O3. The highest BCUT2D eigenvalue weighted by Crippen LogP contribution is 2.19. The lowest BCUT2D eigenvalue weighted by Crippen LogP contribution is -2.42. The van der Waals surface area contributed by atoms with Crippen LogP contribution in [0.3, 0.4) is 0 Å². The first-order valence-corrected chi connectivity index (χ1v) is 11.8. The third kappa shape index (κ3) is 5.49. The van der Waals surface area contributed by atoms with Gasteiger partial charge in [-0.15, -0.1) is 0 Å². The van der Waals surface area contributed by atoms with Crippen LogP contribution in [0.4, 0.5) is 5.69 Å². The van der Waals surface area contributed by atoms with E-state index in [9.17, 15) is 4.79 Å². The second kappa shape index (κ2) is 10.3. The number of hydrogen-bond acceptors (Lipinski definition) is 6. The number of nitrogens with zero attached hydrogens (tertiary/aromatic N) is 2. The lowest BCUT2D eigenvalue weighted by atomic mass is 10.1. The molecule has 0 bridgehead atoms. The number of nitrogens with one attached hydrogen (secondary N) is 2. The molecule has 1 unspecified atom stereocenters. The Labute approximate surface area is 194 Å². The molecular weight excluding hydrogens is 416 g/mol. The fourth-order valence-corrected chi connectivity index (χ4v) is 4.75. The van der Waals surface area contributed by atoms with Crippen LogP contribution in [0.25, 0.3) is 12.3 Å². The number of carbonyl (C=O) groups is 1. The summed E-state index contributed by atoms with van der Waals surface area (Å²) in [7, 11) is 0. The lowest BCUT2D eigenvalue weighted by molar-refractivity contribution is -0.137. The molecule has 1 atom stereocenters. The predicted octanol–water partition coefficient (Wildman–Crippen LogP) is 0.732. The first-order chi connectivity index (χ1) is 16.2. The standard InChI is InChI=1S/C26H32N4O3/c31-26(30-11-13-32-14-12-30)19-33-23-5-1-3-20(15-23)17-29-10-8-22(18-29)28-25-6-2-4-21-16-27-9-7-24(21)25/h1-7,15-16,22,27-28H,8-14,17-19H2. The Bertz CT molecular complexity index is 1100.